The van der Waals surface area contributed by atoms with Gasteiger partial charge in [-0.1, -0.05) is 5.16 Å². The molecule has 0 aliphatic heterocycles. The molecule has 0 fully saturated rings. The number of furan rings is 1. The van der Waals surface area contributed by atoms with E-state index in [1.54, 1.807) is 6.26 Å². The fraction of sp³-hybridized carbons (Fsp3) is 0.400. The fourth-order valence-corrected chi connectivity index (χ4v) is 1.34. The summed E-state index contributed by atoms with van der Waals surface area (Å²) in [6.07, 6.45) is 3.19. The van der Waals surface area contributed by atoms with Crippen LogP contribution in [-0.4, -0.2) is 16.7 Å². The Balaban J connectivity index is 2.17. The van der Waals surface area contributed by atoms with Crippen LogP contribution in [0.1, 0.15) is 18.1 Å². The lowest BCUT2D eigenvalue weighted by atomic mass is 10.2. The zero-order chi connectivity index (χ0) is 10.7. The zero-order valence-corrected chi connectivity index (χ0v) is 8.56. The monoisotopic (exact) mass is 207 g/mol. The van der Waals surface area contributed by atoms with Crippen LogP contribution in [0.3, 0.4) is 0 Å². The fourth-order valence-electron chi connectivity index (χ4n) is 1.34. The third kappa shape index (κ3) is 2.07. The van der Waals surface area contributed by atoms with Gasteiger partial charge in [-0.2, -0.15) is 4.98 Å². The predicted molar refractivity (Wildman–Crippen MR) is 54.1 cm³/mol. The number of hydrogen-bond acceptors (Lipinski definition) is 5. The molecule has 0 radical (unpaired) electrons. The topological polar surface area (TPSA) is 78.1 Å². The van der Waals surface area contributed by atoms with Crippen molar-refractivity contribution in [3.05, 3.63) is 24.0 Å². The first-order valence-corrected chi connectivity index (χ1v) is 4.88. The van der Waals surface area contributed by atoms with Gasteiger partial charge in [-0.3, -0.25) is 0 Å². The van der Waals surface area contributed by atoms with E-state index in [2.05, 4.69) is 10.1 Å². The molecule has 0 saturated heterocycles. The minimum absolute atomic E-state index is 0.577. The Labute approximate surface area is 87.3 Å². The molecule has 0 unspecified atom stereocenters. The molecule has 2 heterocycles. The second kappa shape index (κ2) is 4.27. The SMILES string of the molecule is Cc1occc1-c1noc(CCCN)n1. The zero-order valence-electron chi connectivity index (χ0n) is 8.56. The molecule has 2 N–H and O–H groups in total. The third-order valence-corrected chi connectivity index (χ3v) is 2.16. The van der Waals surface area contributed by atoms with Gasteiger partial charge in [0.15, 0.2) is 0 Å². The van der Waals surface area contributed by atoms with E-state index in [-0.39, 0.29) is 0 Å². The Kier molecular flexibility index (Phi) is 2.82. The Morgan fingerprint density at radius 2 is 2.33 bits per heavy atom. The number of rotatable bonds is 4. The van der Waals surface area contributed by atoms with E-state index in [4.69, 9.17) is 14.7 Å². The first kappa shape index (κ1) is 9.92. The quantitative estimate of drug-likeness (QED) is 0.822. The molecule has 5 nitrogen and oxygen atoms in total. The maximum atomic E-state index is 5.40. The highest BCUT2D eigenvalue weighted by Gasteiger charge is 2.11. The molecule has 80 valence electrons. The van der Waals surface area contributed by atoms with Crippen molar-refractivity contribution in [3.8, 4) is 11.4 Å². The van der Waals surface area contributed by atoms with Gasteiger partial charge >= 0.3 is 0 Å². The molecule has 2 aromatic heterocycles. The average molecular weight is 207 g/mol. The molecule has 15 heavy (non-hydrogen) atoms. The van der Waals surface area contributed by atoms with Gasteiger partial charge in [0.1, 0.15) is 5.76 Å². The molecule has 2 aromatic rings. The van der Waals surface area contributed by atoms with Crippen molar-refractivity contribution in [1.82, 2.24) is 10.1 Å². The normalized spacial score (nSPS) is 10.8. The largest absolute Gasteiger partial charge is 0.469 e. The average Bonchev–Trinajstić information content (AvgIpc) is 2.83. The van der Waals surface area contributed by atoms with Gasteiger partial charge in [0.2, 0.25) is 11.7 Å². The molecule has 0 aliphatic carbocycles. The van der Waals surface area contributed by atoms with Crippen molar-refractivity contribution in [2.75, 3.05) is 6.54 Å². The van der Waals surface area contributed by atoms with Crippen LogP contribution in [0.4, 0.5) is 0 Å². The minimum atomic E-state index is 0.577. The molecular formula is C10H13N3O2. The van der Waals surface area contributed by atoms with Crippen LogP contribution >= 0.6 is 0 Å². The van der Waals surface area contributed by atoms with Crippen molar-refractivity contribution >= 4 is 0 Å². The van der Waals surface area contributed by atoms with Gasteiger partial charge < -0.3 is 14.7 Å². The lowest BCUT2D eigenvalue weighted by Crippen LogP contribution is -2.00. The van der Waals surface area contributed by atoms with E-state index >= 15 is 0 Å². The lowest BCUT2D eigenvalue weighted by molar-refractivity contribution is 0.376. The highest BCUT2D eigenvalue weighted by molar-refractivity contribution is 5.55. The molecule has 0 atom stereocenters. The van der Waals surface area contributed by atoms with E-state index in [0.717, 1.165) is 24.2 Å². The third-order valence-electron chi connectivity index (χ3n) is 2.16. The van der Waals surface area contributed by atoms with Crippen LogP contribution in [-0.2, 0) is 6.42 Å². The molecule has 0 aromatic carbocycles. The van der Waals surface area contributed by atoms with Gasteiger partial charge in [0.05, 0.1) is 11.8 Å². The molecular weight excluding hydrogens is 194 g/mol. The maximum absolute atomic E-state index is 5.40. The van der Waals surface area contributed by atoms with E-state index in [1.807, 2.05) is 13.0 Å². The summed E-state index contributed by atoms with van der Waals surface area (Å²) in [6.45, 7) is 2.49. The minimum Gasteiger partial charge on any atom is -0.469 e. The second-order valence-corrected chi connectivity index (χ2v) is 3.29. The number of nitrogens with zero attached hydrogens (tertiary/aromatic N) is 2. The number of hydrogen-bond donors (Lipinski definition) is 1. The highest BCUT2D eigenvalue weighted by Crippen LogP contribution is 2.21. The van der Waals surface area contributed by atoms with Gasteiger partial charge in [0.25, 0.3) is 0 Å². The molecule has 0 spiro atoms. The Bertz CT molecular complexity index is 433. The van der Waals surface area contributed by atoms with Crippen molar-refractivity contribution < 1.29 is 8.94 Å². The van der Waals surface area contributed by atoms with Crippen molar-refractivity contribution in [2.24, 2.45) is 5.73 Å². The summed E-state index contributed by atoms with van der Waals surface area (Å²) in [6, 6.07) is 1.83. The van der Waals surface area contributed by atoms with Crippen molar-refractivity contribution in [1.29, 1.82) is 0 Å². The summed E-state index contributed by atoms with van der Waals surface area (Å²) < 4.78 is 10.3. The van der Waals surface area contributed by atoms with E-state index < -0.39 is 0 Å². The summed E-state index contributed by atoms with van der Waals surface area (Å²) in [5.74, 6) is 1.99. The molecule has 0 amide bonds. The van der Waals surface area contributed by atoms with Gasteiger partial charge in [-0.15, -0.1) is 0 Å². The number of nitrogens with two attached hydrogens (primary N) is 1. The van der Waals surface area contributed by atoms with E-state index in [0.29, 0.717) is 18.3 Å². The molecule has 5 heteroatoms. The first-order valence-electron chi connectivity index (χ1n) is 4.88. The summed E-state index contributed by atoms with van der Waals surface area (Å²) in [7, 11) is 0. The number of aromatic nitrogens is 2. The first-order chi connectivity index (χ1) is 7.31. The molecule has 0 bridgehead atoms. The standard InChI is InChI=1S/C10H13N3O2/c1-7-8(4-6-14-7)10-12-9(15-13-10)3-2-5-11/h4,6H,2-3,5,11H2,1H3. The van der Waals surface area contributed by atoms with Crippen molar-refractivity contribution in [3.63, 3.8) is 0 Å². The maximum Gasteiger partial charge on any atom is 0.227 e. The van der Waals surface area contributed by atoms with Crippen LogP contribution in [0.5, 0.6) is 0 Å². The smallest absolute Gasteiger partial charge is 0.227 e. The molecule has 0 aliphatic rings. The van der Waals surface area contributed by atoms with Gasteiger partial charge in [-0.05, 0) is 26.0 Å². The van der Waals surface area contributed by atoms with Crippen LogP contribution in [0, 0.1) is 6.92 Å². The van der Waals surface area contributed by atoms with Crippen molar-refractivity contribution in [2.45, 2.75) is 19.8 Å². The summed E-state index contributed by atoms with van der Waals surface area (Å²) in [5.41, 5.74) is 6.27. The summed E-state index contributed by atoms with van der Waals surface area (Å²) in [4.78, 5) is 4.26. The van der Waals surface area contributed by atoms with Crippen LogP contribution in [0.25, 0.3) is 11.4 Å². The Morgan fingerprint density at radius 3 is 3.00 bits per heavy atom. The van der Waals surface area contributed by atoms with Crippen LogP contribution in [0.15, 0.2) is 21.3 Å². The predicted octanol–water partition coefficient (Wildman–Crippen LogP) is 1.53. The highest BCUT2D eigenvalue weighted by atomic mass is 16.5. The summed E-state index contributed by atoms with van der Waals surface area (Å²) >= 11 is 0. The second-order valence-electron chi connectivity index (χ2n) is 3.29. The Morgan fingerprint density at radius 1 is 1.47 bits per heavy atom. The molecule has 2 rings (SSSR count). The Hall–Kier alpha value is -1.62. The summed E-state index contributed by atoms with van der Waals surface area (Å²) in [5, 5.41) is 3.89. The lowest BCUT2D eigenvalue weighted by Gasteiger charge is -1.89. The van der Waals surface area contributed by atoms with Crippen LogP contribution < -0.4 is 5.73 Å². The number of aryl methyl sites for hydroxylation is 2. The van der Waals surface area contributed by atoms with E-state index in [1.165, 1.54) is 0 Å². The molecule has 0 saturated carbocycles. The van der Waals surface area contributed by atoms with Gasteiger partial charge in [-0.25, -0.2) is 0 Å². The van der Waals surface area contributed by atoms with E-state index in [9.17, 15) is 0 Å². The van der Waals surface area contributed by atoms with Crippen LogP contribution in [0.2, 0.25) is 0 Å². The van der Waals surface area contributed by atoms with Gasteiger partial charge in [0, 0.05) is 6.42 Å².